The molecule has 1 aliphatic heterocycles. The van der Waals surface area contributed by atoms with Gasteiger partial charge < -0.3 is 14.6 Å². The van der Waals surface area contributed by atoms with Crippen molar-refractivity contribution in [3.05, 3.63) is 100 Å². The average Bonchev–Trinajstić information content (AvgIpc) is 3.19. The number of benzene rings is 3. The minimum atomic E-state index is -0.0840. The summed E-state index contributed by atoms with van der Waals surface area (Å²) in [5.74, 6) is 0.680. The first-order valence-corrected chi connectivity index (χ1v) is 10.9. The first kappa shape index (κ1) is 20.1. The third kappa shape index (κ3) is 4.04. The fraction of sp³-hybridized carbons (Fsp3) is 0.231. The van der Waals surface area contributed by atoms with Gasteiger partial charge in [-0.15, -0.1) is 0 Å². The Morgan fingerprint density at radius 3 is 2.50 bits per heavy atom. The fourth-order valence-corrected chi connectivity index (χ4v) is 4.41. The summed E-state index contributed by atoms with van der Waals surface area (Å²) < 4.78 is 7.72. The highest BCUT2D eigenvalue weighted by molar-refractivity contribution is 5.94. The van der Waals surface area contributed by atoms with Crippen molar-refractivity contribution in [2.75, 3.05) is 13.1 Å². The van der Waals surface area contributed by atoms with Crippen molar-refractivity contribution in [1.82, 2.24) is 14.5 Å². The van der Waals surface area contributed by atoms with Gasteiger partial charge in [0.1, 0.15) is 12.4 Å². The third-order valence-corrected chi connectivity index (χ3v) is 6.07. The van der Waals surface area contributed by atoms with Crippen molar-refractivity contribution < 1.29 is 9.53 Å². The Bertz CT molecular complexity index is 1280. The van der Waals surface area contributed by atoms with Crippen LogP contribution in [0, 0.1) is 0 Å². The van der Waals surface area contributed by atoms with Crippen LogP contribution < -0.4 is 10.4 Å². The first-order chi connectivity index (χ1) is 15.7. The number of carbonyl (C=O) groups excluding carboxylic acids is 1. The van der Waals surface area contributed by atoms with E-state index in [9.17, 15) is 9.59 Å². The third-order valence-electron chi connectivity index (χ3n) is 6.07. The molecule has 4 aromatic rings. The van der Waals surface area contributed by atoms with E-state index in [4.69, 9.17) is 4.74 Å². The molecule has 1 fully saturated rings. The van der Waals surface area contributed by atoms with Gasteiger partial charge in [0.25, 0.3) is 5.91 Å². The molecule has 0 unspecified atom stereocenters. The van der Waals surface area contributed by atoms with Crippen molar-refractivity contribution in [2.24, 2.45) is 0 Å². The maximum absolute atomic E-state index is 13.1. The minimum absolute atomic E-state index is 0.000107. The van der Waals surface area contributed by atoms with Crippen LogP contribution in [-0.4, -0.2) is 33.4 Å². The second kappa shape index (κ2) is 8.75. The molecule has 5 rings (SSSR count). The van der Waals surface area contributed by atoms with E-state index in [0.29, 0.717) is 31.0 Å². The van der Waals surface area contributed by atoms with Gasteiger partial charge in [-0.1, -0.05) is 48.5 Å². The van der Waals surface area contributed by atoms with Gasteiger partial charge in [0.2, 0.25) is 0 Å². The molecule has 3 aromatic carbocycles. The van der Waals surface area contributed by atoms with E-state index in [0.717, 1.165) is 29.4 Å². The van der Waals surface area contributed by atoms with Crippen LogP contribution in [0.5, 0.6) is 5.75 Å². The summed E-state index contributed by atoms with van der Waals surface area (Å²) in [6.07, 6.45) is 1.50. The zero-order valence-corrected chi connectivity index (χ0v) is 17.7. The smallest absolute Gasteiger partial charge is 0.326 e. The lowest BCUT2D eigenvalue weighted by Crippen LogP contribution is -2.40. The van der Waals surface area contributed by atoms with Crippen molar-refractivity contribution in [3.63, 3.8) is 0 Å². The molecule has 0 bridgehead atoms. The Balaban J connectivity index is 1.24. The highest BCUT2D eigenvalue weighted by Gasteiger charge is 2.26. The summed E-state index contributed by atoms with van der Waals surface area (Å²) in [4.78, 5) is 30.4. The molecular weight excluding hydrogens is 402 g/mol. The largest absolute Gasteiger partial charge is 0.489 e. The molecule has 0 atom stereocenters. The van der Waals surface area contributed by atoms with E-state index in [1.165, 1.54) is 0 Å². The van der Waals surface area contributed by atoms with Gasteiger partial charge in [0.05, 0.1) is 11.0 Å². The molecule has 0 saturated carbocycles. The van der Waals surface area contributed by atoms with Gasteiger partial charge in [-0.25, -0.2) is 4.79 Å². The quantitative estimate of drug-likeness (QED) is 0.514. The van der Waals surface area contributed by atoms with Gasteiger partial charge in [0.15, 0.2) is 0 Å². The second-order valence-corrected chi connectivity index (χ2v) is 8.14. The molecule has 0 spiro atoms. The molecular formula is C26H25N3O3. The van der Waals surface area contributed by atoms with E-state index >= 15 is 0 Å². The van der Waals surface area contributed by atoms with Crippen LogP contribution in [0.25, 0.3) is 11.0 Å². The number of likely N-dealkylation sites (tertiary alicyclic amines) is 1. The number of imidazole rings is 1. The Kier molecular flexibility index (Phi) is 5.50. The maximum Gasteiger partial charge on any atom is 0.326 e. The number of piperidine rings is 1. The van der Waals surface area contributed by atoms with Crippen LogP contribution in [0.1, 0.15) is 34.8 Å². The van der Waals surface area contributed by atoms with Crippen molar-refractivity contribution in [3.8, 4) is 5.75 Å². The van der Waals surface area contributed by atoms with E-state index in [2.05, 4.69) is 4.98 Å². The van der Waals surface area contributed by atoms with Crippen molar-refractivity contribution in [1.29, 1.82) is 0 Å². The number of nitrogens with one attached hydrogen (secondary N) is 1. The van der Waals surface area contributed by atoms with Gasteiger partial charge in [-0.05, 0) is 48.7 Å². The van der Waals surface area contributed by atoms with Crippen LogP contribution in [-0.2, 0) is 6.61 Å². The topological polar surface area (TPSA) is 67.3 Å². The predicted molar refractivity (Wildman–Crippen MR) is 124 cm³/mol. The number of amides is 1. The van der Waals surface area contributed by atoms with Crippen molar-refractivity contribution in [2.45, 2.75) is 25.5 Å². The summed E-state index contributed by atoms with van der Waals surface area (Å²) in [7, 11) is 0. The number of fused-ring (bicyclic) bond motifs is 1. The number of aromatic amines is 1. The molecule has 1 amide bonds. The number of para-hydroxylation sites is 2. The standard InChI is InChI=1S/C26H25N3O3/c30-25(20-9-6-10-22(17-20)32-18-19-7-2-1-3-8-19)28-15-13-21(14-16-28)29-24-12-5-4-11-23(24)27-26(29)31/h1-12,17,21H,13-16,18H2,(H,27,31). The summed E-state index contributed by atoms with van der Waals surface area (Å²) in [6, 6.07) is 25.1. The fourth-order valence-electron chi connectivity index (χ4n) is 4.41. The molecule has 6 nitrogen and oxygen atoms in total. The highest BCUT2D eigenvalue weighted by Crippen LogP contribution is 2.26. The molecule has 0 aliphatic carbocycles. The molecule has 1 aromatic heterocycles. The SMILES string of the molecule is O=C(c1cccc(OCc2ccccc2)c1)N1CCC(n2c(=O)[nH]c3ccccc32)CC1. The minimum Gasteiger partial charge on any atom is -0.489 e. The molecule has 1 aliphatic rings. The van der Waals surface area contributed by atoms with Crippen molar-refractivity contribution >= 4 is 16.9 Å². The lowest BCUT2D eigenvalue weighted by molar-refractivity contribution is 0.0694. The summed E-state index contributed by atoms with van der Waals surface area (Å²) in [5.41, 5.74) is 3.39. The van der Waals surface area contributed by atoms with Gasteiger partial charge >= 0.3 is 5.69 Å². The molecule has 1 N–H and O–H groups in total. The van der Waals surface area contributed by atoms with Gasteiger partial charge in [-0.3, -0.25) is 9.36 Å². The van der Waals surface area contributed by atoms with Crippen LogP contribution >= 0.6 is 0 Å². The number of ether oxygens (including phenoxy) is 1. The van der Waals surface area contributed by atoms with Gasteiger partial charge in [0, 0.05) is 24.7 Å². The average molecular weight is 428 g/mol. The Labute approximate surface area is 186 Å². The van der Waals surface area contributed by atoms with E-state index in [1.54, 1.807) is 0 Å². The number of carbonyl (C=O) groups is 1. The van der Waals surface area contributed by atoms with E-state index < -0.39 is 0 Å². The van der Waals surface area contributed by atoms with Crippen LogP contribution in [0.4, 0.5) is 0 Å². The summed E-state index contributed by atoms with van der Waals surface area (Å²) in [5, 5.41) is 0. The Hall–Kier alpha value is -3.80. The number of rotatable bonds is 5. The summed E-state index contributed by atoms with van der Waals surface area (Å²) >= 11 is 0. The lowest BCUT2D eigenvalue weighted by Gasteiger charge is -2.32. The molecule has 162 valence electrons. The van der Waals surface area contributed by atoms with Gasteiger partial charge in [-0.2, -0.15) is 0 Å². The molecule has 1 saturated heterocycles. The number of hydrogen-bond acceptors (Lipinski definition) is 3. The Morgan fingerprint density at radius 1 is 0.938 bits per heavy atom. The lowest BCUT2D eigenvalue weighted by atomic mass is 10.0. The number of H-pyrrole nitrogens is 1. The number of aromatic nitrogens is 2. The number of nitrogens with zero attached hydrogens (tertiary/aromatic N) is 2. The Morgan fingerprint density at radius 2 is 1.69 bits per heavy atom. The van der Waals surface area contributed by atoms with E-state index in [1.807, 2.05) is 88.3 Å². The van der Waals surface area contributed by atoms with Crippen LogP contribution in [0.15, 0.2) is 83.7 Å². The first-order valence-electron chi connectivity index (χ1n) is 10.9. The monoisotopic (exact) mass is 427 g/mol. The molecule has 32 heavy (non-hydrogen) atoms. The van der Waals surface area contributed by atoms with Crippen LogP contribution in [0.3, 0.4) is 0 Å². The maximum atomic E-state index is 13.1. The van der Waals surface area contributed by atoms with E-state index in [-0.39, 0.29) is 17.6 Å². The molecule has 0 radical (unpaired) electrons. The zero-order valence-electron chi connectivity index (χ0n) is 17.7. The number of hydrogen-bond donors (Lipinski definition) is 1. The summed E-state index contributed by atoms with van der Waals surface area (Å²) in [6.45, 7) is 1.69. The second-order valence-electron chi connectivity index (χ2n) is 8.14. The molecule has 6 heteroatoms. The zero-order chi connectivity index (χ0) is 21.9. The van der Waals surface area contributed by atoms with Crippen LogP contribution in [0.2, 0.25) is 0 Å². The predicted octanol–water partition coefficient (Wildman–Crippen LogP) is 4.39. The highest BCUT2D eigenvalue weighted by atomic mass is 16.5. The normalized spacial score (nSPS) is 14.6. The molecule has 2 heterocycles.